The minimum atomic E-state index is -4.12. The highest BCUT2D eigenvalue weighted by Gasteiger charge is 2.36. The van der Waals surface area contributed by atoms with Gasteiger partial charge in [0.25, 0.3) is 0 Å². The number of carbonyl (C=O) groups excluding carboxylic acids is 1. The predicted molar refractivity (Wildman–Crippen MR) is 98.2 cm³/mol. The second kappa shape index (κ2) is 9.63. The van der Waals surface area contributed by atoms with E-state index in [0.717, 1.165) is 38.5 Å². The molecule has 2 amide bonds. The molecule has 0 aromatic heterocycles. The molecule has 3 saturated heterocycles. The highest BCUT2D eigenvalue weighted by molar-refractivity contribution is 5.74. The highest BCUT2D eigenvalue weighted by Crippen LogP contribution is 2.30. The highest BCUT2D eigenvalue weighted by atomic mass is 19.4. The first-order valence-corrected chi connectivity index (χ1v) is 10.4. The van der Waals surface area contributed by atoms with Crippen LogP contribution >= 0.6 is 0 Å². The quantitative estimate of drug-likeness (QED) is 0.779. The van der Waals surface area contributed by atoms with Crippen molar-refractivity contribution in [3.63, 3.8) is 0 Å². The molecule has 3 aliphatic heterocycles. The van der Waals surface area contributed by atoms with Crippen LogP contribution in [-0.4, -0.2) is 86.7 Å². The Kier molecular flexibility index (Phi) is 7.44. The molecule has 28 heavy (non-hydrogen) atoms. The van der Waals surface area contributed by atoms with Crippen molar-refractivity contribution in [2.24, 2.45) is 5.92 Å². The Morgan fingerprint density at radius 2 is 1.75 bits per heavy atom. The predicted octanol–water partition coefficient (Wildman–Crippen LogP) is 2.63. The van der Waals surface area contributed by atoms with Gasteiger partial charge in [0.2, 0.25) is 0 Å². The van der Waals surface area contributed by atoms with Gasteiger partial charge >= 0.3 is 12.2 Å². The molecule has 1 N–H and O–H groups in total. The Bertz CT molecular complexity index is 504. The average Bonchev–Trinajstić information content (AvgIpc) is 2.85. The van der Waals surface area contributed by atoms with E-state index in [9.17, 15) is 18.0 Å². The summed E-state index contributed by atoms with van der Waals surface area (Å²) in [7, 11) is 0. The van der Waals surface area contributed by atoms with Crippen LogP contribution in [0.25, 0.3) is 0 Å². The lowest BCUT2D eigenvalue weighted by molar-refractivity contribution is -0.148. The van der Waals surface area contributed by atoms with E-state index in [1.54, 1.807) is 0 Å². The number of ether oxygens (including phenoxy) is 2. The Balaban J connectivity index is 1.32. The minimum absolute atomic E-state index is 0.0674. The third-order valence-electron chi connectivity index (χ3n) is 6.24. The van der Waals surface area contributed by atoms with E-state index in [1.807, 2.05) is 4.90 Å². The molecule has 162 valence electrons. The Morgan fingerprint density at radius 1 is 1.04 bits per heavy atom. The molecule has 0 bridgehead atoms. The van der Waals surface area contributed by atoms with Crippen LogP contribution in [0.5, 0.6) is 0 Å². The maximum absolute atomic E-state index is 12.5. The average molecular weight is 407 g/mol. The van der Waals surface area contributed by atoms with Gasteiger partial charge in [0.1, 0.15) is 0 Å². The number of nitrogens with one attached hydrogen (secondary N) is 1. The monoisotopic (exact) mass is 407 g/mol. The van der Waals surface area contributed by atoms with Gasteiger partial charge < -0.3 is 19.7 Å². The molecule has 0 aromatic rings. The van der Waals surface area contributed by atoms with Crippen molar-refractivity contribution in [1.29, 1.82) is 0 Å². The first kappa shape index (κ1) is 21.6. The van der Waals surface area contributed by atoms with E-state index in [2.05, 4.69) is 5.32 Å². The van der Waals surface area contributed by atoms with Gasteiger partial charge in [-0.3, -0.25) is 4.90 Å². The zero-order valence-electron chi connectivity index (χ0n) is 16.4. The summed E-state index contributed by atoms with van der Waals surface area (Å²) in [5.41, 5.74) is -0.141. The van der Waals surface area contributed by atoms with E-state index in [0.29, 0.717) is 58.5 Å². The molecule has 0 saturated carbocycles. The number of rotatable bonds is 4. The van der Waals surface area contributed by atoms with Crippen molar-refractivity contribution >= 4 is 6.03 Å². The number of halogens is 3. The van der Waals surface area contributed by atoms with Crippen molar-refractivity contribution < 1.29 is 27.4 Å². The molecule has 3 heterocycles. The van der Waals surface area contributed by atoms with Crippen LogP contribution in [0.15, 0.2) is 0 Å². The first-order chi connectivity index (χ1) is 13.4. The zero-order chi connectivity index (χ0) is 20.0. The lowest BCUT2D eigenvalue weighted by atomic mass is 9.90. The molecular formula is C19H32F3N3O3. The first-order valence-electron chi connectivity index (χ1n) is 10.4. The van der Waals surface area contributed by atoms with E-state index >= 15 is 0 Å². The van der Waals surface area contributed by atoms with Gasteiger partial charge in [0, 0.05) is 32.8 Å². The van der Waals surface area contributed by atoms with Crippen molar-refractivity contribution in [3.8, 4) is 0 Å². The normalized spacial score (nSPS) is 24.9. The zero-order valence-corrected chi connectivity index (χ0v) is 16.4. The third-order valence-corrected chi connectivity index (χ3v) is 6.24. The van der Waals surface area contributed by atoms with Gasteiger partial charge in [0.15, 0.2) is 0 Å². The standard InChI is InChI=1S/C19H32F3N3O3/c20-19(21,22)15-24-8-2-16(3-9-24)1-7-23-17(26)25-10-4-18(28-14-11-25)5-12-27-13-6-18/h16H,1-15H2,(H,23,26). The Morgan fingerprint density at radius 3 is 2.43 bits per heavy atom. The maximum Gasteiger partial charge on any atom is 0.401 e. The summed E-state index contributed by atoms with van der Waals surface area (Å²) in [6.07, 6.45) is 0.812. The smallest absolute Gasteiger partial charge is 0.381 e. The molecule has 3 fully saturated rings. The number of urea groups is 1. The van der Waals surface area contributed by atoms with Gasteiger partial charge in [-0.05, 0) is 57.5 Å². The van der Waals surface area contributed by atoms with Crippen LogP contribution < -0.4 is 5.32 Å². The summed E-state index contributed by atoms with van der Waals surface area (Å²) in [6.45, 7) is 3.96. The molecule has 6 nitrogen and oxygen atoms in total. The van der Waals surface area contributed by atoms with Gasteiger partial charge in [-0.25, -0.2) is 4.79 Å². The summed E-state index contributed by atoms with van der Waals surface area (Å²) >= 11 is 0. The van der Waals surface area contributed by atoms with Crippen LogP contribution in [0, 0.1) is 5.92 Å². The minimum Gasteiger partial charge on any atom is -0.381 e. The molecule has 9 heteroatoms. The number of piperidine rings is 1. The van der Waals surface area contributed by atoms with Crippen molar-refractivity contribution in [3.05, 3.63) is 0 Å². The number of carbonyl (C=O) groups is 1. The molecule has 0 unspecified atom stereocenters. The van der Waals surface area contributed by atoms with Crippen molar-refractivity contribution in [2.75, 3.05) is 59.1 Å². The SMILES string of the molecule is O=C(NCCC1CCN(CC(F)(F)F)CC1)N1CCOC2(CCOCC2)CC1. The van der Waals surface area contributed by atoms with E-state index in [4.69, 9.17) is 9.47 Å². The Labute approximate surface area is 164 Å². The van der Waals surface area contributed by atoms with Crippen LogP contribution in [-0.2, 0) is 9.47 Å². The van der Waals surface area contributed by atoms with Crippen molar-refractivity contribution in [2.45, 2.75) is 50.3 Å². The lowest BCUT2D eigenvalue weighted by Crippen LogP contribution is -2.43. The van der Waals surface area contributed by atoms with E-state index < -0.39 is 12.7 Å². The van der Waals surface area contributed by atoms with Crippen LogP contribution in [0.1, 0.15) is 38.5 Å². The number of nitrogens with zero attached hydrogens (tertiary/aromatic N) is 2. The number of alkyl halides is 3. The van der Waals surface area contributed by atoms with Gasteiger partial charge in [0.05, 0.1) is 18.8 Å². The van der Waals surface area contributed by atoms with Crippen LogP contribution in [0.4, 0.5) is 18.0 Å². The topological polar surface area (TPSA) is 54.0 Å². The Hall–Kier alpha value is -1.06. The third kappa shape index (κ3) is 6.49. The molecule has 0 aromatic carbocycles. The van der Waals surface area contributed by atoms with Crippen LogP contribution in [0.2, 0.25) is 0 Å². The molecule has 1 spiro atoms. The second-order valence-electron chi connectivity index (χ2n) is 8.24. The number of hydrogen-bond donors (Lipinski definition) is 1. The molecule has 3 rings (SSSR count). The molecule has 3 aliphatic rings. The molecule has 0 radical (unpaired) electrons. The van der Waals surface area contributed by atoms with Crippen LogP contribution in [0.3, 0.4) is 0 Å². The van der Waals surface area contributed by atoms with Crippen molar-refractivity contribution in [1.82, 2.24) is 15.1 Å². The molecule has 0 aliphatic carbocycles. The van der Waals surface area contributed by atoms with Gasteiger partial charge in [-0.1, -0.05) is 0 Å². The lowest BCUT2D eigenvalue weighted by Gasteiger charge is -2.35. The summed E-state index contributed by atoms with van der Waals surface area (Å²) in [6, 6.07) is -0.0674. The summed E-state index contributed by atoms with van der Waals surface area (Å²) in [4.78, 5) is 15.8. The van der Waals surface area contributed by atoms with Gasteiger partial charge in [-0.15, -0.1) is 0 Å². The van der Waals surface area contributed by atoms with Gasteiger partial charge in [-0.2, -0.15) is 13.2 Å². The largest absolute Gasteiger partial charge is 0.401 e. The molecule has 0 atom stereocenters. The summed E-state index contributed by atoms with van der Waals surface area (Å²) < 4.78 is 48.8. The molecular weight excluding hydrogens is 375 g/mol. The fourth-order valence-electron chi connectivity index (χ4n) is 4.42. The summed E-state index contributed by atoms with van der Waals surface area (Å²) in [5, 5.41) is 2.98. The number of amides is 2. The second-order valence-corrected chi connectivity index (χ2v) is 8.24. The number of likely N-dealkylation sites (tertiary alicyclic amines) is 1. The fraction of sp³-hybridized carbons (Fsp3) is 0.947. The fourth-order valence-corrected chi connectivity index (χ4v) is 4.42. The maximum atomic E-state index is 12.5. The summed E-state index contributed by atoms with van der Waals surface area (Å²) in [5.74, 6) is 0.378. The van der Waals surface area contributed by atoms with E-state index in [-0.39, 0.29) is 11.6 Å². The number of hydrogen-bond acceptors (Lipinski definition) is 4. The van der Waals surface area contributed by atoms with E-state index in [1.165, 1.54) is 4.90 Å².